The Kier molecular flexibility index (Phi) is 15.4. The van der Waals surface area contributed by atoms with Gasteiger partial charge in [0.15, 0.2) is 0 Å². The van der Waals surface area contributed by atoms with Crippen molar-refractivity contribution in [2.75, 3.05) is 62.6 Å². The minimum Gasteiger partial charge on any atom is -0.396 e. The summed E-state index contributed by atoms with van der Waals surface area (Å²) in [6.07, 6.45) is 3.92. The number of para-hydroxylation sites is 1. The summed E-state index contributed by atoms with van der Waals surface area (Å²) in [5.41, 5.74) is 4.23. The topological polar surface area (TPSA) is 72.5 Å². The average Bonchev–Trinajstić information content (AvgIpc) is 3.17. The number of benzene rings is 1. The van der Waals surface area contributed by atoms with Crippen molar-refractivity contribution in [2.24, 2.45) is 0 Å². The minimum absolute atomic E-state index is 0.156. The van der Waals surface area contributed by atoms with Gasteiger partial charge in [0.05, 0.1) is 0 Å². The number of anilines is 2. The molecule has 0 amide bonds. The van der Waals surface area contributed by atoms with Gasteiger partial charge in [-0.3, -0.25) is 0 Å². The van der Waals surface area contributed by atoms with Gasteiger partial charge in [-0.25, -0.2) is 4.98 Å². The van der Waals surface area contributed by atoms with Crippen LogP contribution in [0.5, 0.6) is 0 Å². The van der Waals surface area contributed by atoms with Gasteiger partial charge in [0, 0.05) is 56.8 Å². The number of hydrogen-bond donors (Lipinski definition) is 4. The highest BCUT2D eigenvalue weighted by Gasteiger charge is 2.22. The fourth-order valence-corrected chi connectivity index (χ4v) is 4.20. The Balaban J connectivity index is 0.000000347. The molecule has 1 aliphatic rings. The van der Waals surface area contributed by atoms with E-state index in [0.29, 0.717) is 0 Å². The van der Waals surface area contributed by atoms with E-state index in [1.807, 2.05) is 26.1 Å². The van der Waals surface area contributed by atoms with Crippen molar-refractivity contribution in [1.82, 2.24) is 15.6 Å². The van der Waals surface area contributed by atoms with E-state index in [1.54, 1.807) is 0 Å². The molecule has 4 N–H and O–H groups in total. The molecule has 37 heavy (non-hydrogen) atoms. The van der Waals surface area contributed by atoms with Crippen molar-refractivity contribution in [3.8, 4) is 0 Å². The highest BCUT2D eigenvalue weighted by Crippen LogP contribution is 2.30. The second-order valence-electron chi connectivity index (χ2n) is 11.3. The first-order valence-electron chi connectivity index (χ1n) is 14.2. The third-order valence-corrected chi connectivity index (χ3v) is 6.10. The molecule has 3 rings (SSSR count). The van der Waals surface area contributed by atoms with Crippen molar-refractivity contribution in [3.05, 3.63) is 53.7 Å². The summed E-state index contributed by atoms with van der Waals surface area (Å²) >= 11 is 0. The molecule has 0 radical (unpaired) electrons. The molecule has 1 saturated heterocycles. The number of hydrogen-bond acceptors (Lipinski definition) is 6. The summed E-state index contributed by atoms with van der Waals surface area (Å²) in [5.74, 6) is 1.17. The molecule has 1 aromatic carbocycles. The van der Waals surface area contributed by atoms with Gasteiger partial charge >= 0.3 is 0 Å². The summed E-state index contributed by atoms with van der Waals surface area (Å²) in [7, 11) is 0. The van der Waals surface area contributed by atoms with E-state index in [0.717, 1.165) is 52.2 Å². The lowest BCUT2D eigenvalue weighted by molar-refractivity contribution is 0.286. The first-order valence-corrected chi connectivity index (χ1v) is 14.2. The maximum absolute atomic E-state index is 8.67. The van der Waals surface area contributed by atoms with Crippen LogP contribution in [0.4, 0.5) is 11.5 Å². The Hall–Kier alpha value is -2.15. The molecule has 210 valence electrons. The Bertz CT molecular complexity index is 849. The first-order chi connectivity index (χ1) is 17.6. The van der Waals surface area contributed by atoms with Crippen LogP contribution in [0.15, 0.2) is 42.6 Å². The van der Waals surface area contributed by atoms with Crippen molar-refractivity contribution >= 4 is 11.5 Å². The quantitative estimate of drug-likeness (QED) is 0.346. The highest BCUT2D eigenvalue weighted by atomic mass is 16.3. The molecule has 1 aromatic heterocycles. The van der Waals surface area contributed by atoms with Crippen LogP contribution < -0.4 is 20.9 Å². The van der Waals surface area contributed by atoms with Crippen LogP contribution in [0.1, 0.15) is 79.4 Å². The molecule has 0 spiro atoms. The van der Waals surface area contributed by atoms with Crippen LogP contribution in [0.2, 0.25) is 0 Å². The van der Waals surface area contributed by atoms with E-state index in [1.165, 1.54) is 29.1 Å². The Morgan fingerprint density at radius 1 is 0.865 bits per heavy atom. The third-order valence-electron chi connectivity index (χ3n) is 6.10. The van der Waals surface area contributed by atoms with Crippen LogP contribution in [0, 0.1) is 0 Å². The standard InChI is InChI=1S/C15H26N2O.C14H23N3.C2H6/c1-15(2,3)13-7-4-5-8-14(13)17-11-10-16-9-6-12-18;1-14(2,3)12-6-4-8-16-13(12)17-10-5-7-15-9-11-17;1-2/h4-5,7-8,16-18H,6,9-12H2,1-3H3;4,6,8,15H,5,7,9-11H2,1-3H3;1-2H3. The molecule has 0 unspecified atom stereocenters. The van der Waals surface area contributed by atoms with Gasteiger partial charge in [0.2, 0.25) is 0 Å². The molecular weight excluding hydrogens is 458 g/mol. The van der Waals surface area contributed by atoms with Crippen molar-refractivity contribution in [2.45, 2.75) is 79.1 Å². The predicted octanol–water partition coefficient (Wildman–Crippen LogP) is 5.57. The molecule has 2 aromatic rings. The predicted molar refractivity (Wildman–Crippen MR) is 162 cm³/mol. The minimum atomic E-state index is 0.156. The maximum Gasteiger partial charge on any atom is 0.132 e. The van der Waals surface area contributed by atoms with Gasteiger partial charge in [0.1, 0.15) is 5.82 Å². The molecule has 1 fully saturated rings. The van der Waals surface area contributed by atoms with Crippen molar-refractivity contribution in [3.63, 3.8) is 0 Å². The summed E-state index contributed by atoms with van der Waals surface area (Å²) in [6.45, 7) is 24.7. The van der Waals surface area contributed by atoms with Crippen molar-refractivity contribution < 1.29 is 5.11 Å². The van der Waals surface area contributed by atoms with Crippen molar-refractivity contribution in [1.29, 1.82) is 0 Å². The summed E-state index contributed by atoms with van der Waals surface area (Å²) in [5, 5.41) is 18.9. The zero-order valence-corrected chi connectivity index (χ0v) is 25.0. The maximum atomic E-state index is 8.67. The van der Waals surface area contributed by atoms with Crippen LogP contribution in [0.3, 0.4) is 0 Å². The Labute approximate surface area is 227 Å². The highest BCUT2D eigenvalue weighted by molar-refractivity contribution is 5.54. The molecular formula is C31H55N5O. The van der Waals surface area contributed by atoms with Gasteiger partial charge in [-0.15, -0.1) is 0 Å². The summed E-state index contributed by atoms with van der Waals surface area (Å²) in [6, 6.07) is 12.7. The van der Waals surface area contributed by atoms with Crippen LogP contribution in [-0.2, 0) is 10.8 Å². The second-order valence-corrected chi connectivity index (χ2v) is 11.3. The second kappa shape index (κ2) is 17.4. The SMILES string of the molecule is CC.CC(C)(C)c1ccccc1NCCNCCCO.CC(C)(C)c1cccnc1N1CCCNCC1. The Morgan fingerprint density at radius 2 is 1.54 bits per heavy atom. The smallest absolute Gasteiger partial charge is 0.132 e. The number of pyridine rings is 1. The van der Waals surface area contributed by atoms with E-state index < -0.39 is 0 Å². The number of aliphatic hydroxyl groups is 1. The van der Waals surface area contributed by atoms with Crippen LogP contribution in [0.25, 0.3) is 0 Å². The number of aliphatic hydroxyl groups excluding tert-OH is 1. The van der Waals surface area contributed by atoms with E-state index in [9.17, 15) is 0 Å². The molecule has 6 heteroatoms. The van der Waals surface area contributed by atoms with E-state index in [-0.39, 0.29) is 17.4 Å². The molecule has 1 aliphatic heterocycles. The molecule has 0 aliphatic carbocycles. The van der Waals surface area contributed by atoms with Gasteiger partial charge in [-0.1, -0.05) is 79.7 Å². The molecule has 2 heterocycles. The zero-order valence-electron chi connectivity index (χ0n) is 25.0. The monoisotopic (exact) mass is 513 g/mol. The fraction of sp³-hybridized carbons (Fsp3) is 0.645. The average molecular weight is 514 g/mol. The van der Waals surface area contributed by atoms with Gasteiger partial charge in [-0.05, 0) is 54.5 Å². The first kappa shape index (κ1) is 32.9. The van der Waals surface area contributed by atoms with Gasteiger partial charge in [0.25, 0.3) is 0 Å². The van der Waals surface area contributed by atoms with Gasteiger partial charge < -0.3 is 26.0 Å². The zero-order chi connectivity index (χ0) is 27.7. The van der Waals surface area contributed by atoms with Crippen LogP contribution in [-0.4, -0.2) is 62.5 Å². The fourth-order valence-electron chi connectivity index (χ4n) is 4.20. The Morgan fingerprint density at radius 3 is 2.22 bits per heavy atom. The number of rotatable bonds is 8. The lowest BCUT2D eigenvalue weighted by Gasteiger charge is -2.29. The number of nitrogens with one attached hydrogen (secondary N) is 3. The van der Waals surface area contributed by atoms with E-state index in [4.69, 9.17) is 5.11 Å². The number of aromatic nitrogens is 1. The lowest BCUT2D eigenvalue weighted by Crippen LogP contribution is -2.31. The lowest BCUT2D eigenvalue weighted by atomic mass is 9.86. The number of nitrogens with zero attached hydrogens (tertiary/aromatic N) is 2. The summed E-state index contributed by atoms with van der Waals surface area (Å²) < 4.78 is 0. The van der Waals surface area contributed by atoms with Crippen LogP contribution >= 0.6 is 0 Å². The largest absolute Gasteiger partial charge is 0.396 e. The molecule has 0 saturated carbocycles. The third kappa shape index (κ3) is 12.3. The summed E-state index contributed by atoms with van der Waals surface area (Å²) in [4.78, 5) is 7.03. The van der Waals surface area contributed by atoms with Gasteiger partial charge in [-0.2, -0.15) is 0 Å². The molecule has 0 bridgehead atoms. The molecule has 6 nitrogen and oxygen atoms in total. The van der Waals surface area contributed by atoms with E-state index in [2.05, 4.69) is 97.7 Å². The normalized spacial score (nSPS) is 14.0. The van der Waals surface area contributed by atoms with E-state index >= 15 is 0 Å². The molecule has 0 atom stereocenters.